The van der Waals surface area contributed by atoms with Crippen molar-refractivity contribution >= 4 is 11.8 Å². The summed E-state index contributed by atoms with van der Waals surface area (Å²) in [5.74, 6) is 2.71. The number of hydrogen-bond acceptors (Lipinski definition) is 5. The van der Waals surface area contributed by atoms with Crippen molar-refractivity contribution in [1.29, 1.82) is 0 Å². The SMILES string of the molecule is c1ccc(Cn2ccnc2CSc2nnc(-c3cccnc3)n2C2CC2)cc1. The maximum absolute atomic E-state index is 4.56. The lowest BCUT2D eigenvalue weighted by atomic mass is 10.2. The van der Waals surface area contributed by atoms with Crippen molar-refractivity contribution in [2.75, 3.05) is 0 Å². The summed E-state index contributed by atoms with van der Waals surface area (Å²) in [6.07, 6.45) is 9.90. The second-order valence-electron chi connectivity index (χ2n) is 6.89. The quantitative estimate of drug-likeness (QED) is 0.444. The molecule has 0 aliphatic heterocycles. The average Bonchev–Trinajstić information content (AvgIpc) is 3.34. The number of rotatable bonds is 7. The van der Waals surface area contributed by atoms with Crippen LogP contribution in [0, 0.1) is 0 Å². The Bertz CT molecular complexity index is 1050. The van der Waals surface area contributed by atoms with Crippen LogP contribution in [0.1, 0.15) is 30.3 Å². The van der Waals surface area contributed by atoms with Gasteiger partial charge < -0.3 is 4.57 Å². The van der Waals surface area contributed by atoms with Crippen LogP contribution in [-0.4, -0.2) is 29.3 Å². The van der Waals surface area contributed by atoms with Crippen LogP contribution >= 0.6 is 11.8 Å². The van der Waals surface area contributed by atoms with Gasteiger partial charge in [0.2, 0.25) is 0 Å². The van der Waals surface area contributed by atoms with E-state index >= 15 is 0 Å². The minimum Gasteiger partial charge on any atom is -0.330 e. The van der Waals surface area contributed by atoms with Crippen molar-refractivity contribution in [1.82, 2.24) is 29.3 Å². The van der Waals surface area contributed by atoms with Gasteiger partial charge in [0.05, 0.1) is 5.75 Å². The first-order valence-electron chi connectivity index (χ1n) is 9.40. The molecule has 0 saturated heterocycles. The van der Waals surface area contributed by atoms with Gasteiger partial charge in [-0.25, -0.2) is 4.98 Å². The Hall–Kier alpha value is -2.93. The molecule has 4 aromatic rings. The van der Waals surface area contributed by atoms with Gasteiger partial charge in [0.1, 0.15) is 5.82 Å². The van der Waals surface area contributed by atoms with Gasteiger partial charge in [0.25, 0.3) is 0 Å². The van der Waals surface area contributed by atoms with E-state index in [9.17, 15) is 0 Å². The van der Waals surface area contributed by atoms with Gasteiger partial charge in [-0.15, -0.1) is 10.2 Å². The maximum atomic E-state index is 4.56. The summed E-state index contributed by atoms with van der Waals surface area (Å²) < 4.78 is 4.47. The molecular weight excluding hydrogens is 368 g/mol. The molecule has 1 aliphatic rings. The van der Waals surface area contributed by atoms with Crippen molar-refractivity contribution in [2.24, 2.45) is 0 Å². The summed E-state index contributed by atoms with van der Waals surface area (Å²) in [5, 5.41) is 9.89. The molecular formula is C21H20N6S. The number of thioether (sulfide) groups is 1. The van der Waals surface area contributed by atoms with E-state index in [1.54, 1.807) is 18.0 Å². The lowest BCUT2D eigenvalue weighted by Gasteiger charge is -2.10. The molecule has 0 radical (unpaired) electrons. The molecule has 0 N–H and O–H groups in total. The molecule has 1 fully saturated rings. The summed E-state index contributed by atoms with van der Waals surface area (Å²) in [4.78, 5) is 8.79. The van der Waals surface area contributed by atoms with E-state index in [2.05, 4.69) is 53.6 Å². The van der Waals surface area contributed by atoms with Crippen molar-refractivity contribution in [2.45, 2.75) is 36.3 Å². The first-order valence-corrected chi connectivity index (χ1v) is 10.4. The molecule has 1 saturated carbocycles. The third-order valence-electron chi connectivity index (χ3n) is 4.82. The summed E-state index contributed by atoms with van der Waals surface area (Å²) in [5.41, 5.74) is 2.28. The fourth-order valence-electron chi connectivity index (χ4n) is 3.26. The van der Waals surface area contributed by atoms with Gasteiger partial charge >= 0.3 is 0 Å². The lowest BCUT2D eigenvalue weighted by molar-refractivity contribution is 0.668. The number of hydrogen-bond donors (Lipinski definition) is 0. The first kappa shape index (κ1) is 17.2. The van der Waals surface area contributed by atoms with Gasteiger partial charge in [-0.2, -0.15) is 0 Å². The Labute approximate surface area is 167 Å². The van der Waals surface area contributed by atoms with E-state index < -0.39 is 0 Å². The zero-order valence-corrected chi connectivity index (χ0v) is 16.2. The molecule has 1 aromatic carbocycles. The van der Waals surface area contributed by atoms with Crippen LogP contribution in [0.15, 0.2) is 72.4 Å². The van der Waals surface area contributed by atoms with Crippen LogP contribution in [0.25, 0.3) is 11.4 Å². The summed E-state index contributed by atoms with van der Waals surface area (Å²) in [6.45, 7) is 0.826. The molecule has 0 amide bonds. The molecule has 0 bridgehead atoms. The number of imidazole rings is 1. The standard InChI is InChI=1S/C21H20N6S/c1-2-5-16(6-3-1)14-26-12-11-23-19(26)15-28-21-25-24-20(27(21)18-8-9-18)17-7-4-10-22-13-17/h1-7,10-13,18H,8-9,14-15H2. The van der Waals surface area contributed by atoms with E-state index in [1.807, 2.05) is 36.8 Å². The highest BCUT2D eigenvalue weighted by atomic mass is 32.2. The Balaban J connectivity index is 1.36. The van der Waals surface area contributed by atoms with Crippen molar-refractivity contribution in [3.8, 4) is 11.4 Å². The van der Waals surface area contributed by atoms with Crippen LogP contribution in [0.3, 0.4) is 0 Å². The van der Waals surface area contributed by atoms with E-state index in [0.29, 0.717) is 6.04 Å². The molecule has 140 valence electrons. The monoisotopic (exact) mass is 388 g/mol. The smallest absolute Gasteiger partial charge is 0.192 e. The van der Waals surface area contributed by atoms with E-state index in [0.717, 1.165) is 34.7 Å². The van der Waals surface area contributed by atoms with Crippen LogP contribution in [0.5, 0.6) is 0 Å². The molecule has 3 aromatic heterocycles. The van der Waals surface area contributed by atoms with Crippen LogP contribution in [0.4, 0.5) is 0 Å². The molecule has 3 heterocycles. The predicted molar refractivity (Wildman–Crippen MR) is 109 cm³/mol. The van der Waals surface area contributed by atoms with E-state index in [-0.39, 0.29) is 0 Å². The van der Waals surface area contributed by atoms with Gasteiger partial charge in [-0.1, -0.05) is 42.1 Å². The second-order valence-corrected chi connectivity index (χ2v) is 7.84. The van der Waals surface area contributed by atoms with Crippen LogP contribution in [-0.2, 0) is 12.3 Å². The molecule has 28 heavy (non-hydrogen) atoms. The van der Waals surface area contributed by atoms with Crippen LogP contribution < -0.4 is 0 Å². The molecule has 1 aliphatic carbocycles. The normalized spacial score (nSPS) is 13.7. The third-order valence-corrected chi connectivity index (χ3v) is 5.76. The van der Waals surface area contributed by atoms with Crippen LogP contribution in [0.2, 0.25) is 0 Å². The minimum atomic E-state index is 0.497. The van der Waals surface area contributed by atoms with Gasteiger partial charge in [-0.3, -0.25) is 9.55 Å². The average molecular weight is 389 g/mol. The summed E-state index contributed by atoms with van der Waals surface area (Å²) in [6, 6.07) is 14.9. The predicted octanol–water partition coefficient (Wildman–Crippen LogP) is 4.21. The van der Waals surface area contributed by atoms with Gasteiger partial charge in [0, 0.05) is 42.9 Å². The maximum Gasteiger partial charge on any atom is 0.192 e. The highest BCUT2D eigenvalue weighted by Crippen LogP contribution is 2.41. The highest BCUT2D eigenvalue weighted by Gasteiger charge is 2.30. The van der Waals surface area contributed by atoms with Crippen molar-refractivity contribution in [3.05, 3.63) is 78.6 Å². The number of pyridine rings is 1. The lowest BCUT2D eigenvalue weighted by Crippen LogP contribution is -2.04. The Morgan fingerprint density at radius 2 is 1.89 bits per heavy atom. The summed E-state index contributed by atoms with van der Waals surface area (Å²) in [7, 11) is 0. The van der Waals surface area contributed by atoms with Gasteiger partial charge in [0.15, 0.2) is 11.0 Å². The largest absolute Gasteiger partial charge is 0.330 e. The van der Waals surface area contributed by atoms with Crippen molar-refractivity contribution in [3.63, 3.8) is 0 Å². The molecule has 6 nitrogen and oxygen atoms in total. The van der Waals surface area contributed by atoms with E-state index in [1.165, 1.54) is 18.4 Å². The minimum absolute atomic E-state index is 0.497. The Morgan fingerprint density at radius 3 is 2.68 bits per heavy atom. The molecule has 5 rings (SSSR count). The third kappa shape index (κ3) is 3.57. The molecule has 0 spiro atoms. The molecule has 0 unspecified atom stereocenters. The first-order chi connectivity index (χ1) is 13.9. The summed E-state index contributed by atoms with van der Waals surface area (Å²) >= 11 is 1.70. The topological polar surface area (TPSA) is 61.4 Å². The molecule has 7 heteroatoms. The number of benzene rings is 1. The fourth-order valence-corrected chi connectivity index (χ4v) is 4.23. The Morgan fingerprint density at radius 1 is 1.00 bits per heavy atom. The number of nitrogens with zero attached hydrogens (tertiary/aromatic N) is 6. The fraction of sp³-hybridized carbons (Fsp3) is 0.238. The molecule has 0 atom stereocenters. The zero-order chi connectivity index (χ0) is 18.8. The van der Waals surface area contributed by atoms with Crippen molar-refractivity contribution < 1.29 is 0 Å². The Kier molecular flexibility index (Phi) is 4.66. The number of aromatic nitrogens is 6. The van der Waals surface area contributed by atoms with E-state index in [4.69, 9.17) is 0 Å². The zero-order valence-electron chi connectivity index (χ0n) is 15.3. The van der Waals surface area contributed by atoms with Gasteiger partial charge in [-0.05, 0) is 30.5 Å². The second kappa shape index (κ2) is 7.59. The highest BCUT2D eigenvalue weighted by molar-refractivity contribution is 7.98.